The molecule has 0 atom stereocenters. The van der Waals surface area contributed by atoms with Crippen LogP contribution in [-0.4, -0.2) is 17.5 Å². The largest absolute Gasteiger partial charge is 0.360 e. The van der Waals surface area contributed by atoms with Crippen LogP contribution in [0, 0.1) is 0 Å². The quantitative estimate of drug-likeness (QED) is 0.617. The van der Waals surface area contributed by atoms with Crippen molar-refractivity contribution in [2.45, 2.75) is 4.90 Å². The van der Waals surface area contributed by atoms with E-state index in [9.17, 15) is 0 Å². The molecule has 0 aliphatic rings. The van der Waals surface area contributed by atoms with Crippen molar-refractivity contribution < 1.29 is 0 Å². The fourth-order valence-electron chi connectivity index (χ4n) is 1.24. The van der Waals surface area contributed by atoms with Gasteiger partial charge in [0.15, 0.2) is 0 Å². The molecular weight excluding hydrogens is 204 g/mol. The van der Waals surface area contributed by atoms with E-state index in [0.29, 0.717) is 0 Å². The molecule has 0 aliphatic heterocycles. The van der Waals surface area contributed by atoms with Gasteiger partial charge in [0.1, 0.15) is 0 Å². The Labute approximate surface area is 93.4 Å². The van der Waals surface area contributed by atoms with E-state index in [1.54, 1.807) is 11.8 Å². The van der Waals surface area contributed by atoms with Crippen LogP contribution in [0.25, 0.3) is 0 Å². The fraction of sp³-hybridized carbons (Fsp3) is 0.0833. The molecule has 0 aliphatic carbocycles. The highest BCUT2D eigenvalue weighted by atomic mass is 32.2. The van der Waals surface area contributed by atoms with Crippen molar-refractivity contribution in [1.82, 2.24) is 4.98 Å². The van der Waals surface area contributed by atoms with Crippen LogP contribution in [-0.2, 0) is 0 Å². The van der Waals surface area contributed by atoms with Gasteiger partial charge in [-0.3, -0.25) is 4.99 Å². The third-order valence-electron chi connectivity index (χ3n) is 2.05. The Hall–Kier alpha value is -1.48. The third kappa shape index (κ3) is 2.73. The van der Waals surface area contributed by atoms with Crippen molar-refractivity contribution >= 4 is 23.7 Å². The van der Waals surface area contributed by atoms with E-state index in [2.05, 4.69) is 28.4 Å². The summed E-state index contributed by atoms with van der Waals surface area (Å²) in [6.07, 6.45) is 5.78. The monoisotopic (exact) mass is 216 g/mol. The molecule has 1 aromatic carbocycles. The van der Waals surface area contributed by atoms with Crippen molar-refractivity contribution in [3.8, 4) is 0 Å². The van der Waals surface area contributed by atoms with E-state index in [-0.39, 0.29) is 0 Å². The molecule has 2 rings (SSSR count). The predicted molar refractivity (Wildman–Crippen MR) is 66.3 cm³/mol. The molecule has 0 unspecified atom stereocenters. The van der Waals surface area contributed by atoms with Gasteiger partial charge in [0.2, 0.25) is 0 Å². The second-order valence-corrected chi connectivity index (χ2v) is 3.96. The summed E-state index contributed by atoms with van der Waals surface area (Å²) in [6.45, 7) is 0. The topological polar surface area (TPSA) is 28.1 Å². The average Bonchev–Trinajstić information content (AvgIpc) is 2.80. The van der Waals surface area contributed by atoms with Crippen LogP contribution in [0.5, 0.6) is 0 Å². The highest BCUT2D eigenvalue weighted by Crippen LogP contribution is 2.19. The SMILES string of the molecule is CSc1ccc(N=Cc2ccc[nH]2)cc1. The first-order valence-electron chi connectivity index (χ1n) is 4.70. The van der Waals surface area contributed by atoms with Crippen LogP contribution in [0.4, 0.5) is 5.69 Å². The Kier molecular flexibility index (Phi) is 3.25. The second-order valence-electron chi connectivity index (χ2n) is 3.08. The maximum absolute atomic E-state index is 4.36. The smallest absolute Gasteiger partial charge is 0.0631 e. The summed E-state index contributed by atoms with van der Waals surface area (Å²) in [4.78, 5) is 8.69. The van der Waals surface area contributed by atoms with Gasteiger partial charge < -0.3 is 4.98 Å². The first-order chi connectivity index (χ1) is 7.38. The van der Waals surface area contributed by atoms with Crippen molar-refractivity contribution in [2.75, 3.05) is 6.26 Å². The Bertz CT molecular complexity index is 429. The molecule has 15 heavy (non-hydrogen) atoms. The number of hydrogen-bond donors (Lipinski definition) is 1. The van der Waals surface area contributed by atoms with E-state index in [1.165, 1.54) is 4.90 Å². The fourth-order valence-corrected chi connectivity index (χ4v) is 1.65. The Morgan fingerprint density at radius 2 is 2.00 bits per heavy atom. The minimum absolute atomic E-state index is 0.974. The lowest BCUT2D eigenvalue weighted by atomic mass is 10.3. The first kappa shape index (κ1) is 10.1. The van der Waals surface area contributed by atoms with Gasteiger partial charge in [0.25, 0.3) is 0 Å². The normalized spacial score (nSPS) is 11.0. The van der Waals surface area contributed by atoms with Gasteiger partial charge >= 0.3 is 0 Å². The average molecular weight is 216 g/mol. The zero-order valence-electron chi connectivity index (χ0n) is 8.47. The highest BCUT2D eigenvalue weighted by molar-refractivity contribution is 7.98. The van der Waals surface area contributed by atoms with Crippen molar-refractivity contribution in [3.63, 3.8) is 0 Å². The number of aliphatic imine (C=N–C) groups is 1. The van der Waals surface area contributed by atoms with Gasteiger partial charge in [-0.2, -0.15) is 0 Å². The van der Waals surface area contributed by atoms with Crippen molar-refractivity contribution in [1.29, 1.82) is 0 Å². The van der Waals surface area contributed by atoms with Gasteiger partial charge in [-0.15, -0.1) is 11.8 Å². The number of nitrogens with zero attached hydrogens (tertiary/aromatic N) is 1. The summed E-state index contributed by atoms with van der Waals surface area (Å²) in [5.74, 6) is 0. The molecule has 0 amide bonds. The molecule has 0 bridgehead atoms. The van der Waals surface area contributed by atoms with Gasteiger partial charge in [0, 0.05) is 11.1 Å². The van der Waals surface area contributed by atoms with Crippen molar-refractivity contribution in [3.05, 3.63) is 48.3 Å². The van der Waals surface area contributed by atoms with E-state index in [4.69, 9.17) is 0 Å². The molecule has 2 aromatic rings. The third-order valence-corrected chi connectivity index (χ3v) is 2.79. The van der Waals surface area contributed by atoms with Crippen LogP contribution in [0.2, 0.25) is 0 Å². The maximum atomic E-state index is 4.36. The number of aromatic amines is 1. The number of aromatic nitrogens is 1. The van der Waals surface area contributed by atoms with Gasteiger partial charge in [-0.05, 0) is 42.7 Å². The molecular formula is C12H12N2S. The predicted octanol–water partition coefficient (Wildman–Crippen LogP) is 3.49. The lowest BCUT2D eigenvalue weighted by Gasteiger charge is -1.96. The molecule has 0 spiro atoms. The molecule has 0 saturated heterocycles. The highest BCUT2D eigenvalue weighted by Gasteiger charge is 1.90. The van der Waals surface area contributed by atoms with Crippen LogP contribution in [0.1, 0.15) is 5.69 Å². The number of H-pyrrole nitrogens is 1. The van der Waals surface area contributed by atoms with E-state index in [1.807, 2.05) is 36.7 Å². The van der Waals surface area contributed by atoms with Gasteiger partial charge in [-0.25, -0.2) is 0 Å². The Balaban J connectivity index is 2.11. The summed E-state index contributed by atoms with van der Waals surface area (Å²) in [5, 5.41) is 0. The standard InChI is InChI=1S/C12H12N2S/c1-15-12-6-4-10(5-7-12)14-9-11-3-2-8-13-11/h2-9,13H,1H3. The van der Waals surface area contributed by atoms with E-state index < -0.39 is 0 Å². The molecule has 3 heteroatoms. The number of thioether (sulfide) groups is 1. The number of hydrogen-bond acceptors (Lipinski definition) is 2. The second kappa shape index (κ2) is 4.84. The zero-order chi connectivity index (χ0) is 10.5. The zero-order valence-corrected chi connectivity index (χ0v) is 9.29. The molecule has 0 fully saturated rings. The Morgan fingerprint density at radius 1 is 1.20 bits per heavy atom. The summed E-state index contributed by atoms with van der Waals surface area (Å²) in [5.41, 5.74) is 1.99. The molecule has 1 heterocycles. The van der Waals surface area contributed by atoms with Crippen LogP contribution in [0.3, 0.4) is 0 Å². The summed E-state index contributed by atoms with van der Waals surface area (Å²) >= 11 is 1.74. The lowest BCUT2D eigenvalue weighted by molar-refractivity contribution is 1.37. The number of benzene rings is 1. The number of rotatable bonds is 3. The minimum Gasteiger partial charge on any atom is -0.360 e. The molecule has 1 aromatic heterocycles. The lowest BCUT2D eigenvalue weighted by Crippen LogP contribution is -1.77. The minimum atomic E-state index is 0.974. The molecule has 0 radical (unpaired) electrons. The summed E-state index contributed by atoms with van der Waals surface area (Å²) < 4.78 is 0. The molecule has 76 valence electrons. The maximum Gasteiger partial charge on any atom is 0.0631 e. The summed E-state index contributed by atoms with van der Waals surface area (Å²) in [6, 6.07) is 12.1. The molecule has 0 saturated carbocycles. The molecule has 2 nitrogen and oxygen atoms in total. The first-order valence-corrected chi connectivity index (χ1v) is 5.92. The number of nitrogens with one attached hydrogen (secondary N) is 1. The van der Waals surface area contributed by atoms with Gasteiger partial charge in [-0.1, -0.05) is 0 Å². The van der Waals surface area contributed by atoms with Crippen molar-refractivity contribution in [2.24, 2.45) is 4.99 Å². The van der Waals surface area contributed by atoms with Crippen LogP contribution >= 0.6 is 11.8 Å². The Morgan fingerprint density at radius 3 is 2.60 bits per heavy atom. The van der Waals surface area contributed by atoms with E-state index in [0.717, 1.165) is 11.4 Å². The molecule has 1 N–H and O–H groups in total. The van der Waals surface area contributed by atoms with E-state index >= 15 is 0 Å². The van der Waals surface area contributed by atoms with Crippen LogP contribution in [0.15, 0.2) is 52.5 Å². The van der Waals surface area contributed by atoms with Gasteiger partial charge in [0.05, 0.1) is 17.6 Å². The van der Waals surface area contributed by atoms with Crippen LogP contribution < -0.4 is 0 Å². The summed E-state index contributed by atoms with van der Waals surface area (Å²) in [7, 11) is 0.